The van der Waals surface area contributed by atoms with E-state index in [4.69, 9.17) is 17.3 Å². The number of nitrogens with zero attached hydrogens (tertiary/aromatic N) is 2. The molecule has 0 aliphatic carbocycles. The molecule has 0 aliphatic heterocycles. The smallest absolute Gasteiger partial charge is 0.318 e. The van der Waals surface area contributed by atoms with Crippen LogP contribution >= 0.6 is 11.6 Å². The molecule has 6 heteroatoms. The van der Waals surface area contributed by atoms with Crippen LogP contribution in [0.25, 0.3) is 0 Å². The molecule has 82 valence electrons. The van der Waals surface area contributed by atoms with Gasteiger partial charge >= 0.3 is 6.01 Å². The summed E-state index contributed by atoms with van der Waals surface area (Å²) in [6.07, 6.45) is 0. The normalized spacial score (nSPS) is 12.3. The van der Waals surface area contributed by atoms with Crippen LogP contribution in [0.1, 0.15) is 17.3 Å². The molecule has 0 bridgehead atoms. The molecule has 1 atom stereocenters. The third kappa shape index (κ3) is 2.04. The van der Waals surface area contributed by atoms with Gasteiger partial charge in [0.1, 0.15) is 5.92 Å². The molecule has 2 rings (SSSR count). The van der Waals surface area contributed by atoms with Crippen molar-refractivity contribution < 1.29 is 9.32 Å². The van der Waals surface area contributed by atoms with E-state index in [9.17, 15) is 4.79 Å². The van der Waals surface area contributed by atoms with Gasteiger partial charge in [-0.2, -0.15) is 4.98 Å². The van der Waals surface area contributed by atoms with E-state index in [2.05, 4.69) is 14.7 Å². The number of halogens is 1. The van der Waals surface area contributed by atoms with Gasteiger partial charge in [-0.3, -0.25) is 4.79 Å². The van der Waals surface area contributed by atoms with Crippen molar-refractivity contribution in [1.82, 2.24) is 10.1 Å². The molecular weight excluding hydrogens is 230 g/mol. The molecule has 0 spiro atoms. The van der Waals surface area contributed by atoms with Crippen LogP contribution < -0.4 is 5.73 Å². The van der Waals surface area contributed by atoms with Crippen molar-refractivity contribution in [3.8, 4) is 0 Å². The Morgan fingerprint density at radius 1 is 1.38 bits per heavy atom. The van der Waals surface area contributed by atoms with Crippen molar-refractivity contribution in [2.45, 2.75) is 5.92 Å². The molecule has 2 N–H and O–H groups in total. The van der Waals surface area contributed by atoms with Crippen LogP contribution in [0.4, 0.5) is 6.01 Å². The van der Waals surface area contributed by atoms with E-state index in [0.717, 1.165) is 0 Å². The second-order valence-corrected chi connectivity index (χ2v) is 3.51. The largest absolute Gasteiger partial charge is 0.351 e. The number of anilines is 1. The van der Waals surface area contributed by atoms with Crippen LogP contribution in [-0.4, -0.2) is 15.4 Å². The Balaban J connectivity index is 2.43. The van der Waals surface area contributed by atoms with Gasteiger partial charge in [0, 0.05) is 0 Å². The minimum Gasteiger partial charge on any atom is -0.351 e. The van der Waals surface area contributed by atoms with Crippen LogP contribution in [0.15, 0.2) is 34.9 Å². The fourth-order valence-electron chi connectivity index (χ4n) is 1.39. The maximum absolute atomic E-state index is 11.4. The third-order valence-corrected chi connectivity index (χ3v) is 2.29. The highest BCUT2D eigenvalue weighted by Crippen LogP contribution is 2.24. The summed E-state index contributed by atoms with van der Waals surface area (Å²) in [5.74, 6) is -0.576. The van der Waals surface area contributed by atoms with Crippen molar-refractivity contribution in [2.24, 2.45) is 0 Å². The second-order valence-electron chi connectivity index (χ2n) is 3.14. The minimum atomic E-state index is -0.746. The SMILES string of the molecule is Nc1nc(C(C(=O)Cl)c2ccccc2)no1. The first-order chi connectivity index (χ1) is 7.68. The molecular formula is C10H8ClN3O2. The van der Waals surface area contributed by atoms with E-state index >= 15 is 0 Å². The Labute approximate surface area is 96.2 Å². The molecule has 1 unspecified atom stereocenters. The summed E-state index contributed by atoms with van der Waals surface area (Å²) >= 11 is 5.52. The predicted molar refractivity (Wildman–Crippen MR) is 57.9 cm³/mol. The molecule has 1 aromatic carbocycles. The van der Waals surface area contributed by atoms with Crippen molar-refractivity contribution in [3.63, 3.8) is 0 Å². The molecule has 2 aromatic rings. The number of rotatable bonds is 3. The Morgan fingerprint density at radius 3 is 2.56 bits per heavy atom. The highest BCUT2D eigenvalue weighted by molar-refractivity contribution is 6.65. The highest BCUT2D eigenvalue weighted by Gasteiger charge is 2.25. The van der Waals surface area contributed by atoms with Crippen LogP contribution in [0.5, 0.6) is 0 Å². The van der Waals surface area contributed by atoms with Gasteiger partial charge in [-0.05, 0) is 17.2 Å². The minimum absolute atomic E-state index is 0.0890. The first kappa shape index (κ1) is 10.6. The lowest BCUT2D eigenvalue weighted by atomic mass is 10.00. The quantitative estimate of drug-likeness (QED) is 0.819. The Bertz CT molecular complexity index is 498. The lowest BCUT2D eigenvalue weighted by Gasteiger charge is -2.07. The number of nitrogen functional groups attached to an aromatic ring is 1. The lowest BCUT2D eigenvalue weighted by Crippen LogP contribution is -2.10. The monoisotopic (exact) mass is 237 g/mol. The van der Waals surface area contributed by atoms with Crippen LogP contribution in [0, 0.1) is 0 Å². The number of carbonyl (C=O) groups is 1. The van der Waals surface area contributed by atoms with Crippen molar-refractivity contribution >= 4 is 22.9 Å². The molecule has 16 heavy (non-hydrogen) atoms. The molecule has 0 saturated heterocycles. The standard InChI is InChI=1S/C10H8ClN3O2/c11-8(15)7(6-4-2-1-3-5-6)9-13-10(12)16-14-9/h1-5,7H,(H2,12,13,14). The fourth-order valence-corrected chi connectivity index (χ4v) is 1.62. The zero-order chi connectivity index (χ0) is 11.5. The van der Waals surface area contributed by atoms with Gasteiger partial charge in [0.15, 0.2) is 5.82 Å². The Morgan fingerprint density at radius 2 is 2.06 bits per heavy atom. The molecule has 0 aliphatic rings. The first-order valence-corrected chi connectivity index (χ1v) is 4.89. The molecule has 0 fully saturated rings. The third-order valence-electron chi connectivity index (χ3n) is 2.08. The van der Waals surface area contributed by atoms with Crippen molar-refractivity contribution in [2.75, 3.05) is 5.73 Å². The number of hydrogen-bond acceptors (Lipinski definition) is 5. The molecule has 0 amide bonds. The summed E-state index contributed by atoms with van der Waals surface area (Å²) in [6.45, 7) is 0. The number of carbonyl (C=O) groups excluding carboxylic acids is 1. The lowest BCUT2D eigenvalue weighted by molar-refractivity contribution is -0.112. The summed E-state index contributed by atoms with van der Waals surface area (Å²) in [7, 11) is 0. The van der Waals surface area contributed by atoms with E-state index in [1.54, 1.807) is 24.3 Å². The zero-order valence-electron chi connectivity index (χ0n) is 8.13. The topological polar surface area (TPSA) is 82.0 Å². The van der Waals surface area contributed by atoms with Gasteiger partial charge < -0.3 is 10.3 Å². The van der Waals surface area contributed by atoms with Gasteiger partial charge in [0.2, 0.25) is 5.24 Å². The van der Waals surface area contributed by atoms with Crippen molar-refractivity contribution in [1.29, 1.82) is 0 Å². The van der Waals surface area contributed by atoms with Crippen LogP contribution in [0.3, 0.4) is 0 Å². The summed E-state index contributed by atoms with van der Waals surface area (Å²) in [5.41, 5.74) is 6.00. The summed E-state index contributed by atoms with van der Waals surface area (Å²) in [5, 5.41) is 3.02. The van der Waals surface area contributed by atoms with E-state index in [-0.39, 0.29) is 11.8 Å². The average Bonchev–Trinajstić information content (AvgIpc) is 2.66. The van der Waals surface area contributed by atoms with Gasteiger partial charge in [-0.15, -0.1) is 0 Å². The summed E-state index contributed by atoms with van der Waals surface area (Å²) < 4.78 is 4.62. The fraction of sp³-hybridized carbons (Fsp3) is 0.100. The van der Waals surface area contributed by atoms with E-state index in [1.165, 1.54) is 0 Å². The predicted octanol–water partition coefficient (Wildman–Crippen LogP) is 1.55. The zero-order valence-corrected chi connectivity index (χ0v) is 8.89. The molecule has 0 radical (unpaired) electrons. The second kappa shape index (κ2) is 4.32. The van der Waals surface area contributed by atoms with Crippen LogP contribution in [0.2, 0.25) is 0 Å². The highest BCUT2D eigenvalue weighted by atomic mass is 35.5. The summed E-state index contributed by atoms with van der Waals surface area (Å²) in [6, 6.07) is 8.87. The van der Waals surface area contributed by atoms with Crippen molar-refractivity contribution in [3.05, 3.63) is 41.7 Å². The Kier molecular flexibility index (Phi) is 2.87. The molecule has 0 saturated carbocycles. The van der Waals surface area contributed by atoms with Gasteiger partial charge in [-0.25, -0.2) is 0 Å². The Hall–Kier alpha value is -1.88. The summed E-state index contributed by atoms with van der Waals surface area (Å²) in [4.78, 5) is 15.2. The molecule has 1 aromatic heterocycles. The number of benzene rings is 1. The number of aromatic nitrogens is 2. The number of hydrogen-bond donors (Lipinski definition) is 1. The van der Waals surface area contributed by atoms with Gasteiger partial charge in [0.05, 0.1) is 0 Å². The number of nitrogens with two attached hydrogens (primary N) is 1. The molecule has 5 nitrogen and oxygen atoms in total. The van der Waals surface area contributed by atoms with E-state index in [1.807, 2.05) is 6.07 Å². The molecule has 1 heterocycles. The average molecular weight is 238 g/mol. The van der Waals surface area contributed by atoms with E-state index < -0.39 is 11.2 Å². The van der Waals surface area contributed by atoms with E-state index in [0.29, 0.717) is 5.56 Å². The maximum atomic E-state index is 11.4. The maximum Gasteiger partial charge on any atom is 0.318 e. The first-order valence-electron chi connectivity index (χ1n) is 4.52. The van der Waals surface area contributed by atoms with Gasteiger partial charge in [0.25, 0.3) is 0 Å². The van der Waals surface area contributed by atoms with Crippen LogP contribution in [-0.2, 0) is 4.79 Å². The van der Waals surface area contributed by atoms with Gasteiger partial charge in [-0.1, -0.05) is 35.5 Å².